The van der Waals surface area contributed by atoms with Crippen LogP contribution in [0.5, 0.6) is 0 Å². The van der Waals surface area contributed by atoms with Crippen molar-refractivity contribution in [2.45, 2.75) is 38.6 Å². The number of nitrogens with zero attached hydrogens (tertiary/aromatic N) is 4. The van der Waals surface area contributed by atoms with Gasteiger partial charge in [0.15, 0.2) is 5.96 Å². The standard InChI is InChI=1S/C19H35N5O3S.HI/c1-16(17(25)23-8-4-5-9-23)22-10-12-24(13-11-22)18(20-2)21-14-19(6-7-19)15-28(3,26)27;/h16H,4-15H2,1-3H3,(H,20,21);1H. The molecule has 8 nitrogen and oxygen atoms in total. The molecule has 0 bridgehead atoms. The van der Waals surface area contributed by atoms with E-state index < -0.39 is 9.84 Å². The summed E-state index contributed by atoms with van der Waals surface area (Å²) in [6.45, 7) is 7.75. The smallest absolute Gasteiger partial charge is 0.239 e. The van der Waals surface area contributed by atoms with Crippen LogP contribution in [0.25, 0.3) is 0 Å². The molecule has 2 aliphatic heterocycles. The quantitative estimate of drug-likeness (QED) is 0.302. The third-order valence-corrected chi connectivity index (χ3v) is 7.43. The van der Waals surface area contributed by atoms with Gasteiger partial charge in [0.2, 0.25) is 5.91 Å². The van der Waals surface area contributed by atoms with Crippen molar-refractivity contribution in [2.24, 2.45) is 10.4 Å². The molecule has 3 fully saturated rings. The summed E-state index contributed by atoms with van der Waals surface area (Å²) < 4.78 is 23.3. The van der Waals surface area contributed by atoms with Gasteiger partial charge < -0.3 is 15.1 Å². The molecule has 10 heteroatoms. The number of rotatable bonds is 6. The van der Waals surface area contributed by atoms with E-state index in [1.54, 1.807) is 7.05 Å². The van der Waals surface area contributed by atoms with Crippen molar-refractivity contribution in [3.8, 4) is 0 Å². The lowest BCUT2D eigenvalue weighted by Gasteiger charge is -2.39. The fraction of sp³-hybridized carbons (Fsp3) is 0.895. The predicted octanol–water partition coefficient (Wildman–Crippen LogP) is 0.633. The second kappa shape index (κ2) is 10.1. The first-order valence-electron chi connectivity index (χ1n) is 10.4. The number of aliphatic imine (C=N–C) groups is 1. The van der Waals surface area contributed by atoms with Crippen LogP contribution in [0.2, 0.25) is 0 Å². The van der Waals surface area contributed by atoms with Crippen LogP contribution in [0.1, 0.15) is 32.6 Å². The maximum absolute atomic E-state index is 12.6. The van der Waals surface area contributed by atoms with Crippen LogP contribution >= 0.6 is 24.0 Å². The van der Waals surface area contributed by atoms with Crippen LogP contribution in [0.15, 0.2) is 4.99 Å². The summed E-state index contributed by atoms with van der Waals surface area (Å²) in [7, 11) is -1.20. The van der Waals surface area contributed by atoms with Gasteiger partial charge in [0, 0.05) is 64.5 Å². The van der Waals surface area contributed by atoms with Gasteiger partial charge in [-0.2, -0.15) is 0 Å². The van der Waals surface area contributed by atoms with Crippen molar-refractivity contribution in [3.63, 3.8) is 0 Å². The summed E-state index contributed by atoms with van der Waals surface area (Å²) in [5, 5.41) is 3.39. The molecule has 1 aliphatic carbocycles. The van der Waals surface area contributed by atoms with Gasteiger partial charge in [0.25, 0.3) is 0 Å². The van der Waals surface area contributed by atoms with Crippen molar-refractivity contribution in [1.82, 2.24) is 20.0 Å². The Morgan fingerprint density at radius 2 is 1.66 bits per heavy atom. The van der Waals surface area contributed by atoms with E-state index in [2.05, 4.69) is 20.1 Å². The number of likely N-dealkylation sites (tertiary alicyclic amines) is 1. The highest BCUT2D eigenvalue weighted by Crippen LogP contribution is 2.46. The molecule has 1 amide bonds. The van der Waals surface area contributed by atoms with Gasteiger partial charge in [-0.3, -0.25) is 14.7 Å². The Morgan fingerprint density at radius 3 is 2.14 bits per heavy atom. The third-order valence-electron chi connectivity index (χ3n) is 6.30. The molecular formula is C19H36IN5O3S. The van der Waals surface area contributed by atoms with E-state index in [4.69, 9.17) is 0 Å². The largest absolute Gasteiger partial charge is 0.356 e. The number of amides is 1. The molecule has 0 spiro atoms. The molecule has 0 aromatic rings. The van der Waals surface area contributed by atoms with Crippen LogP contribution in [0, 0.1) is 5.41 Å². The highest BCUT2D eigenvalue weighted by Gasteiger charge is 2.45. The first-order valence-corrected chi connectivity index (χ1v) is 12.5. The van der Waals surface area contributed by atoms with Gasteiger partial charge in [0.05, 0.1) is 11.8 Å². The molecule has 1 unspecified atom stereocenters. The minimum absolute atomic E-state index is 0. The van der Waals surface area contributed by atoms with E-state index in [-0.39, 0.29) is 47.1 Å². The second-order valence-corrected chi connectivity index (χ2v) is 10.8. The van der Waals surface area contributed by atoms with Crippen molar-refractivity contribution in [2.75, 3.05) is 64.9 Å². The van der Waals surface area contributed by atoms with Crippen molar-refractivity contribution in [1.29, 1.82) is 0 Å². The SMILES string of the molecule is CN=C(NCC1(CS(C)(=O)=O)CC1)N1CCN(C(C)C(=O)N2CCCC2)CC1.I. The predicted molar refractivity (Wildman–Crippen MR) is 127 cm³/mol. The van der Waals surface area contributed by atoms with Crippen LogP contribution in [0.3, 0.4) is 0 Å². The Kier molecular flexibility index (Phi) is 8.61. The number of halogens is 1. The zero-order valence-electron chi connectivity index (χ0n) is 17.9. The number of piperazine rings is 1. The van der Waals surface area contributed by atoms with Crippen molar-refractivity contribution >= 4 is 45.7 Å². The summed E-state index contributed by atoms with van der Waals surface area (Å²) >= 11 is 0. The highest BCUT2D eigenvalue weighted by molar-refractivity contribution is 14.0. The fourth-order valence-corrected chi connectivity index (χ4v) is 5.89. The summed E-state index contributed by atoms with van der Waals surface area (Å²) in [5.74, 6) is 1.33. The lowest BCUT2D eigenvalue weighted by atomic mass is 10.1. The minimum Gasteiger partial charge on any atom is -0.356 e. The van der Waals surface area contributed by atoms with Gasteiger partial charge >= 0.3 is 0 Å². The van der Waals surface area contributed by atoms with Crippen molar-refractivity contribution in [3.05, 3.63) is 0 Å². The molecule has 2 saturated heterocycles. The molecule has 0 aromatic carbocycles. The van der Waals surface area contributed by atoms with Gasteiger partial charge in [-0.1, -0.05) is 0 Å². The molecule has 29 heavy (non-hydrogen) atoms. The monoisotopic (exact) mass is 541 g/mol. The number of guanidine groups is 1. The van der Waals surface area contributed by atoms with Gasteiger partial charge in [-0.05, 0) is 32.6 Å². The van der Waals surface area contributed by atoms with Gasteiger partial charge in [-0.25, -0.2) is 8.42 Å². The van der Waals surface area contributed by atoms with E-state index in [0.29, 0.717) is 6.54 Å². The van der Waals surface area contributed by atoms with E-state index in [9.17, 15) is 13.2 Å². The Balaban J connectivity index is 0.00000300. The van der Waals surface area contributed by atoms with Crippen LogP contribution in [-0.2, 0) is 14.6 Å². The maximum Gasteiger partial charge on any atom is 0.239 e. The third kappa shape index (κ3) is 6.68. The molecule has 3 rings (SSSR count). The summed E-state index contributed by atoms with van der Waals surface area (Å²) in [6, 6.07) is -0.0697. The minimum atomic E-state index is -2.97. The van der Waals surface area contributed by atoms with Gasteiger partial charge in [-0.15, -0.1) is 24.0 Å². The summed E-state index contributed by atoms with van der Waals surface area (Å²) in [4.78, 5) is 23.5. The number of carbonyl (C=O) groups is 1. The number of carbonyl (C=O) groups excluding carboxylic acids is 1. The number of nitrogens with one attached hydrogen (secondary N) is 1. The molecule has 1 saturated carbocycles. The zero-order valence-corrected chi connectivity index (χ0v) is 21.0. The van der Waals surface area contributed by atoms with Crippen LogP contribution in [0.4, 0.5) is 0 Å². The lowest BCUT2D eigenvalue weighted by Crippen LogP contribution is -2.57. The van der Waals surface area contributed by atoms with Gasteiger partial charge in [0.1, 0.15) is 9.84 Å². The Bertz CT molecular complexity index is 697. The molecule has 168 valence electrons. The van der Waals surface area contributed by atoms with E-state index in [1.165, 1.54) is 6.26 Å². The van der Waals surface area contributed by atoms with Crippen LogP contribution < -0.4 is 5.32 Å². The molecule has 3 aliphatic rings. The zero-order chi connectivity index (χ0) is 20.4. The Morgan fingerprint density at radius 1 is 1.07 bits per heavy atom. The summed E-state index contributed by atoms with van der Waals surface area (Å²) in [5.41, 5.74) is -0.123. The van der Waals surface area contributed by atoms with Crippen LogP contribution in [-0.4, -0.2) is 106 Å². The fourth-order valence-electron chi connectivity index (χ4n) is 4.38. The molecule has 2 heterocycles. The first kappa shape index (κ1) is 24.6. The molecular weight excluding hydrogens is 505 g/mol. The number of sulfone groups is 1. The molecule has 0 aromatic heterocycles. The highest BCUT2D eigenvalue weighted by atomic mass is 127. The topological polar surface area (TPSA) is 85.3 Å². The number of hydrogen-bond donors (Lipinski definition) is 1. The van der Waals surface area contributed by atoms with Crippen molar-refractivity contribution < 1.29 is 13.2 Å². The molecule has 1 atom stereocenters. The normalized spacial score (nSPS) is 23.5. The molecule has 1 N–H and O–H groups in total. The lowest BCUT2D eigenvalue weighted by molar-refractivity contribution is -0.135. The second-order valence-electron chi connectivity index (χ2n) is 8.70. The number of hydrogen-bond acceptors (Lipinski definition) is 5. The summed E-state index contributed by atoms with van der Waals surface area (Å²) in [6.07, 6.45) is 5.46. The van der Waals surface area contributed by atoms with E-state index in [1.807, 2.05) is 11.8 Å². The van der Waals surface area contributed by atoms with E-state index in [0.717, 1.165) is 70.9 Å². The maximum atomic E-state index is 12.6. The molecule has 0 radical (unpaired) electrons. The average Bonchev–Trinajstić information content (AvgIpc) is 3.18. The first-order chi connectivity index (χ1) is 13.2. The Labute approximate surface area is 192 Å². The Hall–Kier alpha value is -0.620. The average molecular weight is 542 g/mol. The van der Waals surface area contributed by atoms with E-state index >= 15 is 0 Å².